The predicted octanol–water partition coefficient (Wildman–Crippen LogP) is 21.8. The van der Waals surface area contributed by atoms with Crippen molar-refractivity contribution in [3.05, 3.63) is 433 Å². The zero-order chi connectivity index (χ0) is 64.1. The lowest BCUT2D eigenvalue weighted by molar-refractivity contribution is 0.592. The van der Waals surface area contributed by atoms with E-state index in [2.05, 4.69) is 307 Å². The number of hydrogen-bond donors (Lipinski definition) is 1. The Labute approximate surface area is 559 Å². The number of nitrogens with one attached hydrogen (secondary N) is 1. The number of rotatable bonds is 6. The zero-order valence-electron chi connectivity index (χ0n) is 52.8. The van der Waals surface area contributed by atoms with Crippen molar-refractivity contribution in [3.63, 3.8) is 0 Å². The maximum atomic E-state index is 13.8. The second kappa shape index (κ2) is 24.2. The molecule has 3 aliphatic carbocycles. The van der Waals surface area contributed by atoms with Crippen LogP contribution < -0.4 is 15.9 Å². The van der Waals surface area contributed by atoms with E-state index in [1.165, 1.54) is 127 Å². The molecule has 0 fully saturated rings. The average Bonchev–Trinajstić information content (AvgIpc) is 1.53. The van der Waals surface area contributed by atoms with E-state index in [-0.39, 0.29) is 10.8 Å². The van der Waals surface area contributed by atoms with Crippen LogP contribution in [0.3, 0.4) is 0 Å². The van der Waals surface area contributed by atoms with Gasteiger partial charge in [0.2, 0.25) is 0 Å². The SMILES string of the molecule is O=P(c1ccccc1)(c1ccccc1)c1ccccc1.c1ccc(-n2c3ccccc3c3ccc4c5ccccc5[nH]c4c32)cc1.c1ccc(C2(c3ccccc3)c3ccccc3-c3ccccc32)cc1.c1ccc2c(c1)-c1ccccc1C21c2ccccc2-c2ccccc21. The van der Waals surface area contributed by atoms with Gasteiger partial charge in [-0.3, -0.25) is 0 Å². The molecule has 0 atom stereocenters. The van der Waals surface area contributed by atoms with Crippen LogP contribution in [-0.4, -0.2) is 9.55 Å². The summed E-state index contributed by atoms with van der Waals surface area (Å²) < 4.78 is 16.2. The molecule has 2 heterocycles. The number of aromatic amines is 1. The van der Waals surface area contributed by atoms with Crippen molar-refractivity contribution in [2.75, 3.05) is 0 Å². The van der Waals surface area contributed by atoms with E-state index < -0.39 is 7.14 Å². The van der Waals surface area contributed by atoms with E-state index in [0.717, 1.165) is 15.9 Å². The minimum atomic E-state index is -2.78. The Morgan fingerprint density at radius 3 is 0.958 bits per heavy atom. The molecule has 3 aliphatic rings. The van der Waals surface area contributed by atoms with Crippen LogP contribution in [-0.2, 0) is 15.4 Å². The maximum Gasteiger partial charge on any atom is 0.171 e. The molecule has 15 aromatic carbocycles. The molecule has 1 N–H and O–H groups in total. The highest BCUT2D eigenvalue weighted by atomic mass is 31.2. The fraction of sp³-hybridized carbons (Fsp3) is 0.0217. The topological polar surface area (TPSA) is 37.8 Å². The zero-order valence-corrected chi connectivity index (χ0v) is 53.6. The summed E-state index contributed by atoms with van der Waals surface area (Å²) in [6.45, 7) is 0. The lowest BCUT2D eigenvalue weighted by Gasteiger charge is -2.33. The quantitative estimate of drug-likeness (QED) is 0.166. The summed E-state index contributed by atoms with van der Waals surface area (Å²) >= 11 is 0. The van der Waals surface area contributed by atoms with E-state index in [9.17, 15) is 4.57 Å². The predicted molar refractivity (Wildman–Crippen MR) is 402 cm³/mol. The highest BCUT2D eigenvalue weighted by Crippen LogP contribution is 2.63. The summed E-state index contributed by atoms with van der Waals surface area (Å²) in [4.78, 5) is 3.67. The molecular weight excluding hydrogens is 1180 g/mol. The molecule has 454 valence electrons. The molecule has 2 aromatic heterocycles. The second-order valence-corrected chi connectivity index (χ2v) is 27.6. The first-order valence-electron chi connectivity index (χ1n) is 33.0. The van der Waals surface area contributed by atoms with Crippen molar-refractivity contribution in [1.29, 1.82) is 0 Å². The van der Waals surface area contributed by atoms with Crippen LogP contribution >= 0.6 is 7.14 Å². The van der Waals surface area contributed by atoms with E-state index in [1.807, 2.05) is 91.0 Å². The van der Waals surface area contributed by atoms with Crippen LogP contribution in [0.5, 0.6) is 0 Å². The van der Waals surface area contributed by atoms with Crippen LogP contribution in [0.2, 0.25) is 0 Å². The van der Waals surface area contributed by atoms with Gasteiger partial charge in [-0.1, -0.05) is 364 Å². The Balaban J connectivity index is 0.0000000973. The molecule has 0 saturated carbocycles. The molecule has 4 heteroatoms. The monoisotopic (exact) mass is 1240 g/mol. The molecule has 0 unspecified atom stereocenters. The Bertz CT molecular complexity index is 5240. The fourth-order valence-corrected chi connectivity index (χ4v) is 18.7. The van der Waals surface area contributed by atoms with Gasteiger partial charge in [0.1, 0.15) is 0 Å². The van der Waals surface area contributed by atoms with Crippen molar-refractivity contribution < 1.29 is 4.57 Å². The number of hydrogen-bond acceptors (Lipinski definition) is 1. The third kappa shape index (κ3) is 9.15. The molecule has 0 amide bonds. The molecule has 0 aliphatic heterocycles. The number of nitrogens with zero attached hydrogens (tertiary/aromatic N) is 1. The summed E-state index contributed by atoms with van der Waals surface area (Å²) in [6, 6.07) is 137. The van der Waals surface area contributed by atoms with Crippen LogP contribution in [0.1, 0.15) is 44.5 Å². The van der Waals surface area contributed by atoms with Gasteiger partial charge in [-0.15, -0.1) is 0 Å². The van der Waals surface area contributed by atoms with E-state index in [4.69, 9.17) is 0 Å². The first-order chi connectivity index (χ1) is 47.6. The van der Waals surface area contributed by atoms with E-state index >= 15 is 0 Å². The minimum absolute atomic E-state index is 0.180. The second-order valence-electron chi connectivity index (χ2n) is 24.9. The Hall–Kier alpha value is -11.9. The largest absolute Gasteiger partial charge is 0.353 e. The van der Waals surface area contributed by atoms with E-state index in [1.54, 1.807) is 0 Å². The lowest BCUT2D eigenvalue weighted by Crippen LogP contribution is -2.28. The van der Waals surface area contributed by atoms with Crippen LogP contribution in [0.25, 0.3) is 82.7 Å². The third-order valence-electron chi connectivity index (χ3n) is 20.0. The summed E-state index contributed by atoms with van der Waals surface area (Å²) in [5, 5.41) is 7.73. The summed E-state index contributed by atoms with van der Waals surface area (Å²) in [5.41, 5.74) is 24.8. The van der Waals surface area contributed by atoms with Gasteiger partial charge in [0.05, 0.1) is 27.4 Å². The molecule has 0 bridgehead atoms. The van der Waals surface area contributed by atoms with Gasteiger partial charge in [0.25, 0.3) is 0 Å². The molecule has 0 radical (unpaired) electrons. The van der Waals surface area contributed by atoms with Crippen molar-refractivity contribution in [1.82, 2.24) is 9.55 Å². The summed E-state index contributed by atoms with van der Waals surface area (Å²) in [5.74, 6) is 0. The van der Waals surface area contributed by atoms with Crippen molar-refractivity contribution >= 4 is 66.7 Å². The van der Waals surface area contributed by atoms with Gasteiger partial charge in [0, 0.05) is 48.7 Å². The molecule has 17 aromatic rings. The molecule has 1 spiro atoms. The average molecular weight is 1250 g/mol. The van der Waals surface area contributed by atoms with Gasteiger partial charge < -0.3 is 14.1 Å². The molecular formula is C92H65N2OP. The Morgan fingerprint density at radius 2 is 0.552 bits per heavy atom. The van der Waals surface area contributed by atoms with Crippen LogP contribution in [0.15, 0.2) is 388 Å². The molecule has 96 heavy (non-hydrogen) atoms. The van der Waals surface area contributed by atoms with Crippen molar-refractivity contribution in [3.8, 4) is 39.1 Å². The van der Waals surface area contributed by atoms with E-state index in [0.29, 0.717) is 0 Å². The number of aromatic nitrogens is 2. The Morgan fingerprint density at radius 1 is 0.250 bits per heavy atom. The van der Waals surface area contributed by atoms with Crippen molar-refractivity contribution in [2.24, 2.45) is 0 Å². The smallest absolute Gasteiger partial charge is 0.171 e. The first-order valence-corrected chi connectivity index (χ1v) is 34.7. The van der Waals surface area contributed by atoms with Gasteiger partial charge in [0.15, 0.2) is 7.14 Å². The normalized spacial score (nSPS) is 13.0. The van der Waals surface area contributed by atoms with Gasteiger partial charge in [-0.25, -0.2) is 0 Å². The minimum Gasteiger partial charge on any atom is -0.353 e. The van der Waals surface area contributed by atoms with Gasteiger partial charge >= 0.3 is 0 Å². The number of H-pyrrole nitrogens is 1. The van der Waals surface area contributed by atoms with Crippen LogP contribution in [0.4, 0.5) is 0 Å². The summed E-state index contributed by atoms with van der Waals surface area (Å²) in [6.07, 6.45) is 0. The highest BCUT2D eigenvalue weighted by Gasteiger charge is 2.51. The Kier molecular flexibility index (Phi) is 14.6. The third-order valence-corrected chi connectivity index (χ3v) is 23.0. The highest BCUT2D eigenvalue weighted by molar-refractivity contribution is 7.85. The molecule has 3 nitrogen and oxygen atoms in total. The summed E-state index contributed by atoms with van der Waals surface area (Å²) in [7, 11) is -2.78. The van der Waals surface area contributed by atoms with Gasteiger partial charge in [-0.2, -0.15) is 0 Å². The van der Waals surface area contributed by atoms with Gasteiger partial charge in [-0.05, 0) is 102 Å². The van der Waals surface area contributed by atoms with Crippen molar-refractivity contribution in [2.45, 2.75) is 10.8 Å². The van der Waals surface area contributed by atoms with Crippen LogP contribution in [0, 0.1) is 0 Å². The lowest BCUT2D eigenvalue weighted by atomic mass is 9.68. The maximum absolute atomic E-state index is 13.8. The number of benzene rings is 15. The standard InChI is InChI=1S/C25H16.C25H18.C24H16N2.C18H15OP/c1-5-13-21-17(9-1)18-10-2-6-14-22(18)25(21)23-15-7-3-11-19(23)20-12-4-8-16-24(20)25;1-3-11-19(12-4-1)25(20-13-5-2-6-14-20)23-17-9-7-15-21(23)22-16-8-10-18-24(22)25;1-2-8-16(9-3-1)26-22-13-7-5-11-18(22)20-15-14-19-17-10-4-6-12-21(17)25-23(19)24(20)26;19-20(16-10-4-1-5-11-16,17-12-6-2-7-13-17)18-14-8-3-9-15-18/h1-16H;1-18H;1-15,25H;1-15H. The number of fused-ring (bicyclic) bond motifs is 20. The first kappa shape index (κ1) is 58.0. The molecule has 0 saturated heterocycles. The fourth-order valence-electron chi connectivity index (χ4n) is 16.0. The molecule has 20 rings (SSSR count). The number of para-hydroxylation sites is 3.